The molecular formula is C24H27N3O5. The van der Waals surface area contributed by atoms with Crippen LogP contribution in [0.25, 0.3) is 11.5 Å². The van der Waals surface area contributed by atoms with Crippen molar-refractivity contribution in [1.29, 1.82) is 0 Å². The Morgan fingerprint density at radius 1 is 1.06 bits per heavy atom. The summed E-state index contributed by atoms with van der Waals surface area (Å²) in [5.74, 6) is 2.97. The van der Waals surface area contributed by atoms with Crippen LogP contribution in [0.4, 0.5) is 0 Å². The Labute approximate surface area is 187 Å². The molecule has 1 aromatic heterocycles. The second-order valence-corrected chi connectivity index (χ2v) is 7.73. The Morgan fingerprint density at radius 3 is 2.44 bits per heavy atom. The number of hydrogen-bond donors (Lipinski definition) is 0. The maximum Gasteiger partial charge on any atom is 0.258 e. The molecule has 1 amide bonds. The molecule has 1 saturated heterocycles. The van der Waals surface area contributed by atoms with Crippen LogP contribution in [0.3, 0.4) is 0 Å². The highest BCUT2D eigenvalue weighted by Gasteiger charge is 2.33. The summed E-state index contributed by atoms with van der Waals surface area (Å²) in [6, 6.07) is 13.3. The van der Waals surface area contributed by atoms with Crippen molar-refractivity contribution in [3.63, 3.8) is 0 Å². The van der Waals surface area contributed by atoms with E-state index in [2.05, 4.69) is 17.1 Å². The third kappa shape index (κ3) is 4.85. The van der Waals surface area contributed by atoms with Crippen molar-refractivity contribution in [2.24, 2.45) is 0 Å². The lowest BCUT2D eigenvalue weighted by Crippen LogP contribution is -2.24. The van der Waals surface area contributed by atoms with Gasteiger partial charge in [0, 0.05) is 37.1 Å². The average molecular weight is 437 g/mol. The first-order chi connectivity index (χ1) is 15.6. The van der Waals surface area contributed by atoms with Crippen LogP contribution in [0.15, 0.2) is 47.0 Å². The predicted molar refractivity (Wildman–Crippen MR) is 118 cm³/mol. The molecule has 0 bridgehead atoms. The van der Waals surface area contributed by atoms with Crippen molar-refractivity contribution in [1.82, 2.24) is 15.0 Å². The number of rotatable bonds is 9. The number of carbonyl (C=O) groups is 1. The molecule has 32 heavy (non-hydrogen) atoms. The topological polar surface area (TPSA) is 86.9 Å². The largest absolute Gasteiger partial charge is 0.497 e. The number of methoxy groups -OCH3 is 2. The number of likely N-dealkylation sites (tertiary alicyclic amines) is 1. The van der Waals surface area contributed by atoms with E-state index in [0.29, 0.717) is 54.9 Å². The maximum absolute atomic E-state index is 12.6. The van der Waals surface area contributed by atoms with Gasteiger partial charge in [0.15, 0.2) is 5.82 Å². The van der Waals surface area contributed by atoms with E-state index in [4.69, 9.17) is 18.7 Å². The van der Waals surface area contributed by atoms with E-state index < -0.39 is 0 Å². The van der Waals surface area contributed by atoms with Gasteiger partial charge in [-0.3, -0.25) is 4.79 Å². The Bertz CT molecular complexity index is 1040. The van der Waals surface area contributed by atoms with Gasteiger partial charge >= 0.3 is 0 Å². The highest BCUT2D eigenvalue weighted by Crippen LogP contribution is 2.32. The lowest BCUT2D eigenvalue weighted by atomic mass is 10.1. The fourth-order valence-corrected chi connectivity index (χ4v) is 3.68. The highest BCUT2D eigenvalue weighted by atomic mass is 16.5. The second kappa shape index (κ2) is 9.72. The van der Waals surface area contributed by atoms with Gasteiger partial charge in [-0.15, -0.1) is 0 Å². The molecule has 168 valence electrons. The summed E-state index contributed by atoms with van der Waals surface area (Å²) in [6.07, 6.45) is 1.33. The fourth-order valence-electron chi connectivity index (χ4n) is 3.68. The molecule has 2 heterocycles. The Hall–Kier alpha value is -3.55. The van der Waals surface area contributed by atoms with Gasteiger partial charge in [-0.2, -0.15) is 4.98 Å². The van der Waals surface area contributed by atoms with Crippen LogP contribution in [0.5, 0.6) is 17.2 Å². The van der Waals surface area contributed by atoms with Gasteiger partial charge < -0.3 is 23.6 Å². The molecule has 0 radical (unpaired) electrons. The standard InChI is InChI=1S/C24H27N3O5/c1-4-9-31-19-7-5-16(6-8-19)14-27-15-18(12-22(27)28)23-25-24(32-26-23)17-10-20(29-2)13-21(11-17)30-3/h5-8,10-11,13,18H,4,9,12,14-15H2,1-3H3. The van der Waals surface area contributed by atoms with E-state index in [1.807, 2.05) is 29.2 Å². The van der Waals surface area contributed by atoms with Crippen molar-refractivity contribution in [3.05, 3.63) is 53.9 Å². The molecule has 1 aliphatic rings. The van der Waals surface area contributed by atoms with E-state index >= 15 is 0 Å². The van der Waals surface area contributed by atoms with E-state index in [0.717, 1.165) is 17.7 Å². The van der Waals surface area contributed by atoms with E-state index in [1.54, 1.807) is 32.4 Å². The van der Waals surface area contributed by atoms with Gasteiger partial charge in [0.1, 0.15) is 17.2 Å². The SMILES string of the molecule is CCCOc1ccc(CN2CC(c3noc(-c4cc(OC)cc(OC)c4)n3)CC2=O)cc1. The molecule has 1 unspecified atom stereocenters. The van der Waals surface area contributed by atoms with Gasteiger partial charge in [0.2, 0.25) is 5.91 Å². The van der Waals surface area contributed by atoms with Gasteiger partial charge in [0.05, 0.1) is 20.8 Å². The number of aromatic nitrogens is 2. The van der Waals surface area contributed by atoms with Crippen molar-refractivity contribution < 1.29 is 23.5 Å². The van der Waals surface area contributed by atoms with E-state index in [9.17, 15) is 4.79 Å². The monoisotopic (exact) mass is 437 g/mol. The van der Waals surface area contributed by atoms with Crippen molar-refractivity contribution in [2.75, 3.05) is 27.4 Å². The second-order valence-electron chi connectivity index (χ2n) is 7.73. The first-order valence-corrected chi connectivity index (χ1v) is 10.7. The van der Waals surface area contributed by atoms with E-state index in [1.165, 1.54) is 0 Å². The molecule has 8 nitrogen and oxygen atoms in total. The summed E-state index contributed by atoms with van der Waals surface area (Å²) in [6.45, 7) is 3.86. The fraction of sp³-hybridized carbons (Fsp3) is 0.375. The normalized spacial score (nSPS) is 15.8. The molecule has 2 aromatic carbocycles. The minimum atomic E-state index is -0.111. The molecule has 0 spiro atoms. The molecule has 1 fully saturated rings. The average Bonchev–Trinajstić information content (AvgIpc) is 3.45. The minimum absolute atomic E-state index is 0.0794. The molecule has 4 rings (SSSR count). The van der Waals surface area contributed by atoms with Crippen LogP contribution in [-0.4, -0.2) is 48.3 Å². The first-order valence-electron chi connectivity index (χ1n) is 10.7. The van der Waals surface area contributed by atoms with Gasteiger partial charge in [-0.25, -0.2) is 0 Å². The van der Waals surface area contributed by atoms with Crippen LogP contribution in [-0.2, 0) is 11.3 Å². The van der Waals surface area contributed by atoms with Gasteiger partial charge in [-0.1, -0.05) is 24.2 Å². The summed E-state index contributed by atoms with van der Waals surface area (Å²) in [7, 11) is 3.17. The summed E-state index contributed by atoms with van der Waals surface area (Å²) >= 11 is 0. The number of ether oxygens (including phenoxy) is 3. The van der Waals surface area contributed by atoms with Crippen LogP contribution in [0, 0.1) is 0 Å². The zero-order chi connectivity index (χ0) is 22.5. The van der Waals surface area contributed by atoms with Crippen molar-refractivity contribution in [2.45, 2.75) is 32.2 Å². The van der Waals surface area contributed by atoms with Crippen LogP contribution in [0.2, 0.25) is 0 Å². The number of hydrogen-bond acceptors (Lipinski definition) is 7. The molecular weight excluding hydrogens is 410 g/mol. The Kier molecular flexibility index (Phi) is 6.58. The highest BCUT2D eigenvalue weighted by molar-refractivity contribution is 5.79. The van der Waals surface area contributed by atoms with E-state index in [-0.39, 0.29) is 11.8 Å². The quantitative estimate of drug-likeness (QED) is 0.499. The number of nitrogens with zero attached hydrogens (tertiary/aromatic N) is 3. The Morgan fingerprint density at radius 2 is 1.78 bits per heavy atom. The third-order valence-electron chi connectivity index (χ3n) is 5.39. The summed E-state index contributed by atoms with van der Waals surface area (Å²) < 4.78 is 21.7. The van der Waals surface area contributed by atoms with Gasteiger partial charge in [0.25, 0.3) is 5.89 Å². The number of benzene rings is 2. The smallest absolute Gasteiger partial charge is 0.258 e. The molecule has 0 saturated carbocycles. The van der Waals surface area contributed by atoms with Crippen LogP contribution in [0.1, 0.15) is 37.1 Å². The number of amides is 1. The van der Waals surface area contributed by atoms with Gasteiger partial charge in [-0.05, 0) is 36.2 Å². The molecule has 1 atom stereocenters. The summed E-state index contributed by atoms with van der Waals surface area (Å²) in [4.78, 5) is 19.0. The Balaban J connectivity index is 1.43. The minimum Gasteiger partial charge on any atom is -0.497 e. The van der Waals surface area contributed by atoms with Crippen molar-refractivity contribution in [3.8, 4) is 28.7 Å². The molecule has 8 heteroatoms. The lowest BCUT2D eigenvalue weighted by Gasteiger charge is -2.16. The number of carbonyl (C=O) groups excluding carboxylic acids is 1. The van der Waals surface area contributed by atoms with Crippen LogP contribution >= 0.6 is 0 Å². The zero-order valence-corrected chi connectivity index (χ0v) is 18.5. The first kappa shape index (κ1) is 21.7. The predicted octanol–water partition coefficient (Wildman–Crippen LogP) is 4.06. The third-order valence-corrected chi connectivity index (χ3v) is 5.39. The van der Waals surface area contributed by atoms with Crippen LogP contribution < -0.4 is 14.2 Å². The molecule has 1 aliphatic heterocycles. The summed E-state index contributed by atoms with van der Waals surface area (Å²) in [5.41, 5.74) is 1.76. The molecule has 0 N–H and O–H groups in total. The zero-order valence-electron chi connectivity index (χ0n) is 18.5. The molecule has 0 aliphatic carbocycles. The molecule has 3 aromatic rings. The lowest BCUT2D eigenvalue weighted by molar-refractivity contribution is -0.128. The maximum atomic E-state index is 12.6. The van der Waals surface area contributed by atoms with Crippen molar-refractivity contribution >= 4 is 5.91 Å². The summed E-state index contributed by atoms with van der Waals surface area (Å²) in [5, 5.41) is 4.14.